The Bertz CT molecular complexity index is 646. The van der Waals surface area contributed by atoms with Crippen molar-refractivity contribution in [2.45, 2.75) is 51.0 Å². The number of hydrogen-bond donors (Lipinski definition) is 2. The second-order valence-corrected chi connectivity index (χ2v) is 7.14. The van der Waals surface area contributed by atoms with Crippen LogP contribution in [-0.4, -0.2) is 16.9 Å². The molecule has 0 unspecified atom stereocenters. The van der Waals surface area contributed by atoms with E-state index in [9.17, 15) is 4.79 Å². The molecule has 0 spiro atoms. The highest BCUT2D eigenvalue weighted by atomic mass is 32.1. The van der Waals surface area contributed by atoms with Crippen molar-refractivity contribution in [2.75, 3.05) is 5.73 Å². The van der Waals surface area contributed by atoms with Crippen molar-refractivity contribution in [2.24, 2.45) is 0 Å². The maximum absolute atomic E-state index is 12.7. The van der Waals surface area contributed by atoms with E-state index in [1.165, 1.54) is 43.4 Å². The fourth-order valence-electron chi connectivity index (χ4n) is 3.13. The SMILES string of the molecule is Nc1nc(-c2ccccc2)c(C(=O)NC2CCCCCCC2)s1. The zero-order chi connectivity index (χ0) is 16.1. The molecular formula is C18H23N3OS. The Kier molecular flexibility index (Phi) is 5.28. The number of nitrogens with one attached hydrogen (secondary N) is 1. The molecule has 0 radical (unpaired) electrons. The van der Waals surface area contributed by atoms with Crippen molar-refractivity contribution in [1.29, 1.82) is 0 Å². The number of carbonyl (C=O) groups excluding carboxylic acids is 1. The average Bonchev–Trinajstić information content (AvgIpc) is 2.93. The topological polar surface area (TPSA) is 68.0 Å². The predicted octanol–water partition coefficient (Wildman–Crippen LogP) is 4.24. The number of benzene rings is 1. The van der Waals surface area contributed by atoms with Crippen LogP contribution in [0.1, 0.15) is 54.6 Å². The molecule has 1 heterocycles. The summed E-state index contributed by atoms with van der Waals surface area (Å²) in [5.74, 6) is -0.0383. The summed E-state index contributed by atoms with van der Waals surface area (Å²) < 4.78 is 0. The second kappa shape index (κ2) is 7.59. The molecule has 0 bridgehead atoms. The Morgan fingerprint density at radius 2 is 1.74 bits per heavy atom. The highest BCUT2D eigenvalue weighted by Gasteiger charge is 2.21. The van der Waals surface area contributed by atoms with E-state index < -0.39 is 0 Å². The normalized spacial score (nSPS) is 16.5. The first-order valence-corrected chi connectivity index (χ1v) is 9.18. The summed E-state index contributed by atoms with van der Waals surface area (Å²) in [5, 5.41) is 3.64. The number of nitrogens with two attached hydrogens (primary N) is 1. The minimum absolute atomic E-state index is 0.0383. The van der Waals surface area contributed by atoms with Crippen LogP contribution in [0.5, 0.6) is 0 Å². The highest BCUT2D eigenvalue weighted by molar-refractivity contribution is 7.17. The summed E-state index contributed by atoms with van der Waals surface area (Å²) in [6.45, 7) is 0. The van der Waals surface area contributed by atoms with Crippen LogP contribution in [-0.2, 0) is 0 Å². The maximum atomic E-state index is 12.7. The lowest BCUT2D eigenvalue weighted by Crippen LogP contribution is -2.35. The second-order valence-electron chi connectivity index (χ2n) is 6.11. The number of rotatable bonds is 3. The first-order valence-electron chi connectivity index (χ1n) is 8.36. The van der Waals surface area contributed by atoms with Gasteiger partial charge in [-0.05, 0) is 12.8 Å². The molecule has 3 N–H and O–H groups in total. The zero-order valence-electron chi connectivity index (χ0n) is 13.3. The lowest BCUT2D eigenvalue weighted by Gasteiger charge is -2.20. The zero-order valence-corrected chi connectivity index (χ0v) is 14.1. The standard InChI is InChI=1S/C18H23N3OS/c19-18-21-15(13-9-5-4-6-10-13)16(23-18)17(22)20-14-11-7-2-1-3-8-12-14/h4-6,9-10,14H,1-3,7-8,11-12H2,(H2,19,21)(H,20,22). The lowest BCUT2D eigenvalue weighted by molar-refractivity contribution is 0.0935. The molecule has 4 nitrogen and oxygen atoms in total. The van der Waals surface area contributed by atoms with Gasteiger partial charge < -0.3 is 11.1 Å². The molecule has 0 saturated heterocycles. The fraction of sp³-hybridized carbons (Fsp3) is 0.444. The summed E-state index contributed by atoms with van der Waals surface area (Å²) in [4.78, 5) is 17.7. The van der Waals surface area contributed by atoms with Crippen molar-refractivity contribution in [1.82, 2.24) is 10.3 Å². The van der Waals surface area contributed by atoms with E-state index in [2.05, 4.69) is 10.3 Å². The van der Waals surface area contributed by atoms with Crippen LogP contribution >= 0.6 is 11.3 Å². The molecule has 1 aromatic heterocycles. The van der Waals surface area contributed by atoms with Gasteiger partial charge in [0.2, 0.25) is 0 Å². The molecule has 1 amide bonds. The molecule has 2 aromatic rings. The van der Waals surface area contributed by atoms with Crippen molar-refractivity contribution < 1.29 is 4.79 Å². The van der Waals surface area contributed by atoms with Crippen molar-refractivity contribution in [3.05, 3.63) is 35.2 Å². The first kappa shape index (κ1) is 16.0. The van der Waals surface area contributed by atoms with Gasteiger partial charge in [0.15, 0.2) is 5.13 Å². The van der Waals surface area contributed by atoms with E-state index in [-0.39, 0.29) is 11.9 Å². The number of nitrogens with zero attached hydrogens (tertiary/aromatic N) is 1. The third kappa shape index (κ3) is 4.10. The van der Waals surface area contributed by atoms with Crippen molar-refractivity contribution >= 4 is 22.4 Å². The molecule has 1 aliphatic rings. The van der Waals surface area contributed by atoms with Gasteiger partial charge in [-0.2, -0.15) is 0 Å². The van der Waals surface area contributed by atoms with Gasteiger partial charge in [0.25, 0.3) is 5.91 Å². The van der Waals surface area contributed by atoms with Gasteiger partial charge in [-0.25, -0.2) is 4.98 Å². The smallest absolute Gasteiger partial charge is 0.263 e. The molecule has 1 aromatic carbocycles. The van der Waals surface area contributed by atoms with E-state index in [4.69, 9.17) is 5.73 Å². The maximum Gasteiger partial charge on any atom is 0.263 e. The summed E-state index contributed by atoms with van der Waals surface area (Å²) >= 11 is 1.27. The largest absolute Gasteiger partial charge is 0.375 e. The third-order valence-corrected chi connectivity index (χ3v) is 5.22. The molecule has 3 rings (SSSR count). The number of carbonyl (C=O) groups is 1. The lowest BCUT2D eigenvalue weighted by atomic mass is 9.96. The van der Waals surface area contributed by atoms with Gasteiger partial charge in [-0.1, -0.05) is 73.8 Å². The first-order chi connectivity index (χ1) is 11.2. The van der Waals surface area contributed by atoms with Crippen molar-refractivity contribution in [3.63, 3.8) is 0 Å². The molecule has 0 atom stereocenters. The van der Waals surface area contributed by atoms with E-state index in [1.807, 2.05) is 30.3 Å². The van der Waals surface area contributed by atoms with Crippen LogP contribution in [0.2, 0.25) is 0 Å². The number of nitrogen functional groups attached to an aromatic ring is 1. The van der Waals surface area contributed by atoms with Crippen LogP contribution in [0.15, 0.2) is 30.3 Å². The summed E-state index contributed by atoms with van der Waals surface area (Å²) in [5.41, 5.74) is 7.49. The van der Waals surface area contributed by atoms with Crippen LogP contribution in [0.4, 0.5) is 5.13 Å². The summed E-state index contributed by atoms with van der Waals surface area (Å²) in [6.07, 6.45) is 8.40. The van der Waals surface area contributed by atoms with Crippen LogP contribution in [0.3, 0.4) is 0 Å². The third-order valence-electron chi connectivity index (χ3n) is 4.34. The molecule has 23 heavy (non-hydrogen) atoms. The van der Waals surface area contributed by atoms with Gasteiger partial charge >= 0.3 is 0 Å². The van der Waals surface area contributed by atoms with Gasteiger partial charge in [0, 0.05) is 11.6 Å². The Morgan fingerprint density at radius 1 is 1.09 bits per heavy atom. The number of amides is 1. The Labute approximate surface area is 141 Å². The molecule has 122 valence electrons. The number of thiazole rings is 1. The van der Waals surface area contributed by atoms with Gasteiger partial charge in [-0.15, -0.1) is 0 Å². The molecule has 1 aliphatic carbocycles. The van der Waals surface area contributed by atoms with Crippen LogP contribution in [0, 0.1) is 0 Å². The quantitative estimate of drug-likeness (QED) is 0.885. The monoisotopic (exact) mass is 329 g/mol. The van der Waals surface area contributed by atoms with E-state index in [0.29, 0.717) is 15.7 Å². The number of anilines is 1. The molecule has 5 heteroatoms. The van der Waals surface area contributed by atoms with Gasteiger partial charge in [0.1, 0.15) is 4.88 Å². The molecule has 1 fully saturated rings. The molecular weight excluding hydrogens is 306 g/mol. The number of hydrogen-bond acceptors (Lipinski definition) is 4. The highest BCUT2D eigenvalue weighted by Crippen LogP contribution is 2.30. The number of aromatic nitrogens is 1. The summed E-state index contributed by atoms with van der Waals surface area (Å²) in [7, 11) is 0. The van der Waals surface area contributed by atoms with Gasteiger partial charge in [0.05, 0.1) is 5.69 Å². The van der Waals surface area contributed by atoms with Crippen LogP contribution in [0.25, 0.3) is 11.3 Å². The van der Waals surface area contributed by atoms with Gasteiger partial charge in [-0.3, -0.25) is 4.79 Å². The van der Waals surface area contributed by atoms with Crippen molar-refractivity contribution in [3.8, 4) is 11.3 Å². The Hall–Kier alpha value is -1.88. The van der Waals surface area contributed by atoms with E-state index in [1.54, 1.807) is 0 Å². The van der Waals surface area contributed by atoms with E-state index in [0.717, 1.165) is 18.4 Å². The minimum atomic E-state index is -0.0383. The Balaban J connectivity index is 1.77. The fourth-order valence-corrected chi connectivity index (χ4v) is 3.89. The Morgan fingerprint density at radius 3 is 2.43 bits per heavy atom. The minimum Gasteiger partial charge on any atom is -0.375 e. The predicted molar refractivity (Wildman–Crippen MR) is 95.5 cm³/mol. The molecule has 0 aliphatic heterocycles. The van der Waals surface area contributed by atoms with E-state index >= 15 is 0 Å². The summed E-state index contributed by atoms with van der Waals surface area (Å²) in [6, 6.07) is 10.0. The average molecular weight is 329 g/mol. The van der Waals surface area contributed by atoms with Crippen LogP contribution < -0.4 is 11.1 Å². The molecule has 1 saturated carbocycles.